The predicted octanol–water partition coefficient (Wildman–Crippen LogP) is 3.42. The number of carboxylic acid groups (broad SMARTS) is 1. The Hall–Kier alpha value is -2.87. The summed E-state index contributed by atoms with van der Waals surface area (Å²) >= 11 is 0. The van der Waals surface area contributed by atoms with Gasteiger partial charge in [-0.15, -0.1) is 0 Å². The number of aromatic nitrogens is 1. The van der Waals surface area contributed by atoms with E-state index in [0.717, 1.165) is 6.08 Å². The fraction of sp³-hybridized carbons (Fsp3) is 0.176. The number of hydrogen-bond acceptors (Lipinski definition) is 4. The van der Waals surface area contributed by atoms with Crippen LogP contribution >= 0.6 is 0 Å². The van der Waals surface area contributed by atoms with E-state index in [9.17, 15) is 23.1 Å². The molecule has 0 bridgehead atoms. The minimum atomic E-state index is -5.12. The van der Waals surface area contributed by atoms with Crippen LogP contribution in [0.4, 0.5) is 13.2 Å². The van der Waals surface area contributed by atoms with Gasteiger partial charge in [0.1, 0.15) is 11.3 Å². The van der Waals surface area contributed by atoms with E-state index in [0.29, 0.717) is 5.56 Å². The van der Waals surface area contributed by atoms with Crippen molar-refractivity contribution in [3.8, 4) is 5.75 Å². The highest BCUT2D eigenvalue weighted by Crippen LogP contribution is 2.46. The molecule has 0 amide bonds. The van der Waals surface area contributed by atoms with Gasteiger partial charge in [-0.05, 0) is 23.8 Å². The number of halogens is 3. The molecule has 2 aromatic rings. The van der Waals surface area contributed by atoms with E-state index in [1.54, 1.807) is 6.07 Å². The lowest BCUT2D eigenvalue weighted by atomic mass is 9.97. The zero-order valence-electron chi connectivity index (χ0n) is 12.7. The number of para-hydroxylation sites is 1. The summed E-state index contributed by atoms with van der Waals surface area (Å²) in [7, 11) is 0. The standard InChI is InChI=1S/C17H12F3NO4/c18-17(19,20)16(24-10-11-4-3-7-21-9-11)13(15(22)23)8-12-5-1-2-6-14(12)25-16/h1-9H,10H2,(H,22,23). The second-order valence-electron chi connectivity index (χ2n) is 5.27. The summed E-state index contributed by atoms with van der Waals surface area (Å²) < 4.78 is 51.6. The van der Waals surface area contributed by atoms with Crippen LogP contribution in [0.3, 0.4) is 0 Å². The number of carboxylic acids is 1. The molecule has 1 aliphatic heterocycles. The van der Waals surface area contributed by atoms with Crippen LogP contribution in [0.5, 0.6) is 5.75 Å². The topological polar surface area (TPSA) is 68.7 Å². The van der Waals surface area contributed by atoms with Crippen molar-refractivity contribution in [2.24, 2.45) is 0 Å². The van der Waals surface area contributed by atoms with Gasteiger partial charge < -0.3 is 14.6 Å². The van der Waals surface area contributed by atoms with Crippen molar-refractivity contribution in [2.45, 2.75) is 18.6 Å². The zero-order chi connectivity index (χ0) is 18.1. The lowest BCUT2D eigenvalue weighted by Gasteiger charge is -2.38. The Morgan fingerprint density at radius 2 is 2.00 bits per heavy atom. The summed E-state index contributed by atoms with van der Waals surface area (Å²) in [5.41, 5.74) is -0.467. The maximum atomic E-state index is 13.8. The first-order valence-electron chi connectivity index (χ1n) is 7.16. The van der Waals surface area contributed by atoms with E-state index < -0.39 is 30.1 Å². The molecule has 130 valence electrons. The monoisotopic (exact) mass is 351 g/mol. The van der Waals surface area contributed by atoms with E-state index >= 15 is 0 Å². The second-order valence-corrected chi connectivity index (χ2v) is 5.27. The van der Waals surface area contributed by atoms with Crippen molar-refractivity contribution in [2.75, 3.05) is 0 Å². The minimum absolute atomic E-state index is 0.115. The molecule has 0 radical (unpaired) electrons. The predicted molar refractivity (Wildman–Crippen MR) is 80.5 cm³/mol. The molecule has 2 heterocycles. The van der Waals surface area contributed by atoms with Crippen LogP contribution < -0.4 is 4.74 Å². The molecule has 1 atom stereocenters. The highest BCUT2D eigenvalue weighted by molar-refractivity contribution is 5.95. The molecule has 0 fully saturated rings. The molecule has 5 nitrogen and oxygen atoms in total. The van der Waals surface area contributed by atoms with Gasteiger partial charge in [-0.3, -0.25) is 4.98 Å². The average molecular weight is 351 g/mol. The molecular formula is C17H12F3NO4. The minimum Gasteiger partial charge on any atom is -0.478 e. The van der Waals surface area contributed by atoms with Crippen molar-refractivity contribution in [3.05, 3.63) is 65.5 Å². The van der Waals surface area contributed by atoms with E-state index in [2.05, 4.69) is 4.98 Å². The number of alkyl halides is 3. The molecule has 1 aromatic heterocycles. The van der Waals surface area contributed by atoms with Crippen LogP contribution in [0.25, 0.3) is 6.08 Å². The van der Waals surface area contributed by atoms with E-state index in [4.69, 9.17) is 9.47 Å². The van der Waals surface area contributed by atoms with Crippen molar-refractivity contribution in [1.82, 2.24) is 4.98 Å². The van der Waals surface area contributed by atoms with Gasteiger partial charge in [-0.2, -0.15) is 13.2 Å². The number of benzene rings is 1. The first kappa shape index (κ1) is 17.0. The molecule has 25 heavy (non-hydrogen) atoms. The maximum absolute atomic E-state index is 13.8. The molecule has 0 aliphatic carbocycles. The number of nitrogens with zero attached hydrogens (tertiary/aromatic N) is 1. The molecule has 8 heteroatoms. The number of aliphatic carboxylic acids is 1. The van der Waals surface area contributed by atoms with Crippen molar-refractivity contribution >= 4 is 12.0 Å². The summed E-state index contributed by atoms with van der Waals surface area (Å²) in [6, 6.07) is 8.87. The Labute approximate surface area is 140 Å². The zero-order valence-corrected chi connectivity index (χ0v) is 12.7. The largest absolute Gasteiger partial charge is 0.478 e. The summed E-state index contributed by atoms with van der Waals surface area (Å²) in [6.07, 6.45) is -1.42. The Bertz CT molecular complexity index is 820. The van der Waals surface area contributed by atoms with E-state index in [1.165, 1.54) is 42.7 Å². The molecule has 1 aliphatic rings. The van der Waals surface area contributed by atoms with Crippen molar-refractivity contribution in [1.29, 1.82) is 0 Å². The molecular weight excluding hydrogens is 339 g/mol. The summed E-state index contributed by atoms with van der Waals surface area (Å²) in [5, 5.41) is 9.32. The van der Waals surface area contributed by atoms with Crippen LogP contribution in [0.15, 0.2) is 54.4 Å². The highest BCUT2D eigenvalue weighted by Gasteiger charge is 2.65. The third-order valence-electron chi connectivity index (χ3n) is 3.60. The molecule has 0 saturated heterocycles. The van der Waals surface area contributed by atoms with Crippen molar-refractivity contribution < 1.29 is 32.5 Å². The molecule has 1 N–H and O–H groups in total. The SMILES string of the molecule is O=C(O)C1=Cc2ccccc2OC1(OCc1cccnc1)C(F)(F)F. The van der Waals surface area contributed by atoms with Gasteiger partial charge in [-0.25, -0.2) is 4.79 Å². The van der Waals surface area contributed by atoms with Crippen LogP contribution in [-0.4, -0.2) is 28.0 Å². The average Bonchev–Trinajstić information content (AvgIpc) is 2.59. The Kier molecular flexibility index (Phi) is 4.22. The van der Waals surface area contributed by atoms with Gasteiger partial charge in [0.2, 0.25) is 0 Å². The molecule has 0 spiro atoms. The van der Waals surface area contributed by atoms with Gasteiger partial charge >= 0.3 is 17.9 Å². The van der Waals surface area contributed by atoms with Crippen LogP contribution in [0.2, 0.25) is 0 Å². The number of pyridine rings is 1. The summed E-state index contributed by atoms with van der Waals surface area (Å²) in [6.45, 7) is -0.528. The van der Waals surface area contributed by atoms with Gasteiger partial charge in [0.15, 0.2) is 0 Å². The highest BCUT2D eigenvalue weighted by atomic mass is 19.4. The quantitative estimate of drug-likeness (QED) is 0.914. The fourth-order valence-corrected chi connectivity index (χ4v) is 2.42. The van der Waals surface area contributed by atoms with Gasteiger partial charge in [0, 0.05) is 18.0 Å². The number of rotatable bonds is 4. The van der Waals surface area contributed by atoms with Crippen molar-refractivity contribution in [3.63, 3.8) is 0 Å². The first-order chi connectivity index (χ1) is 11.8. The Morgan fingerprint density at radius 1 is 1.24 bits per heavy atom. The Morgan fingerprint density at radius 3 is 2.64 bits per heavy atom. The van der Waals surface area contributed by atoms with Crippen LogP contribution in [-0.2, 0) is 16.1 Å². The Balaban J connectivity index is 2.06. The van der Waals surface area contributed by atoms with Gasteiger partial charge in [0.25, 0.3) is 0 Å². The number of hydrogen-bond donors (Lipinski definition) is 1. The smallest absolute Gasteiger partial charge is 0.460 e. The third kappa shape index (κ3) is 3.08. The number of ether oxygens (including phenoxy) is 2. The second kappa shape index (κ2) is 6.21. The first-order valence-corrected chi connectivity index (χ1v) is 7.16. The van der Waals surface area contributed by atoms with Crippen LogP contribution in [0.1, 0.15) is 11.1 Å². The van der Waals surface area contributed by atoms with Gasteiger partial charge in [-0.1, -0.05) is 24.3 Å². The lowest BCUT2D eigenvalue weighted by molar-refractivity contribution is -0.337. The molecule has 1 aromatic carbocycles. The normalized spacial score (nSPS) is 19.6. The molecule has 1 unspecified atom stereocenters. The summed E-state index contributed by atoms with van der Waals surface area (Å²) in [5.74, 6) is -5.31. The lowest BCUT2D eigenvalue weighted by Crippen LogP contribution is -2.56. The number of carbonyl (C=O) groups is 1. The fourth-order valence-electron chi connectivity index (χ4n) is 2.42. The third-order valence-corrected chi connectivity index (χ3v) is 3.60. The number of fused-ring (bicyclic) bond motifs is 1. The van der Waals surface area contributed by atoms with Crippen LogP contribution in [0, 0.1) is 0 Å². The molecule has 3 rings (SSSR count). The van der Waals surface area contributed by atoms with Gasteiger partial charge in [0.05, 0.1) is 6.61 Å². The molecule has 0 saturated carbocycles. The summed E-state index contributed by atoms with van der Waals surface area (Å²) in [4.78, 5) is 15.3. The maximum Gasteiger partial charge on any atom is 0.460 e. The van der Waals surface area contributed by atoms with E-state index in [1.807, 2.05) is 0 Å². The van der Waals surface area contributed by atoms with E-state index in [-0.39, 0.29) is 11.3 Å².